The number of methoxy groups -OCH3 is 1. The molecule has 1 N–H and O–H groups in total. The van der Waals surface area contributed by atoms with E-state index in [0.29, 0.717) is 13.2 Å². The second-order valence-electron chi connectivity index (χ2n) is 6.40. The van der Waals surface area contributed by atoms with Crippen molar-refractivity contribution < 1.29 is 21.6 Å². The maximum atomic E-state index is 12.4. The summed E-state index contributed by atoms with van der Waals surface area (Å²) in [6.45, 7) is 3.76. The van der Waals surface area contributed by atoms with Crippen molar-refractivity contribution in [1.82, 2.24) is 9.62 Å². The highest BCUT2D eigenvalue weighted by Gasteiger charge is 2.22. The summed E-state index contributed by atoms with van der Waals surface area (Å²) in [5.74, 6) is 0.260. The van der Waals surface area contributed by atoms with Crippen LogP contribution in [0.3, 0.4) is 0 Å². The monoisotopic (exact) mass is 390 g/mol. The van der Waals surface area contributed by atoms with E-state index in [4.69, 9.17) is 4.74 Å². The van der Waals surface area contributed by atoms with E-state index in [1.54, 1.807) is 7.11 Å². The molecule has 1 atom stereocenters. The minimum Gasteiger partial charge on any atom is -0.383 e. The van der Waals surface area contributed by atoms with Crippen LogP contribution in [0.1, 0.15) is 12.8 Å². The number of hydrogen-bond acceptors (Lipinski definition) is 6. The highest BCUT2D eigenvalue weighted by molar-refractivity contribution is 7.90. The number of ether oxygens (including phenoxy) is 1. The summed E-state index contributed by atoms with van der Waals surface area (Å²) in [5, 5.41) is 0. The first kappa shape index (κ1) is 20.3. The summed E-state index contributed by atoms with van der Waals surface area (Å²) in [6.07, 6.45) is 3.12. The largest absolute Gasteiger partial charge is 0.383 e. The van der Waals surface area contributed by atoms with Gasteiger partial charge in [-0.05, 0) is 49.6 Å². The van der Waals surface area contributed by atoms with E-state index in [1.807, 2.05) is 0 Å². The summed E-state index contributed by atoms with van der Waals surface area (Å²) in [6, 6.07) is 5.28. The van der Waals surface area contributed by atoms with Crippen LogP contribution in [0.25, 0.3) is 0 Å². The average molecular weight is 391 g/mol. The number of sulfone groups is 1. The number of likely N-dealkylation sites (tertiary alicyclic amines) is 1. The number of sulfonamides is 1. The molecule has 142 valence electrons. The normalized spacial score (nSPS) is 19.8. The summed E-state index contributed by atoms with van der Waals surface area (Å²) in [4.78, 5) is 2.46. The maximum absolute atomic E-state index is 12.4. The molecule has 1 saturated heterocycles. The molecule has 9 heteroatoms. The quantitative estimate of drug-likeness (QED) is 0.703. The minimum atomic E-state index is -3.64. The van der Waals surface area contributed by atoms with Gasteiger partial charge in [-0.25, -0.2) is 21.6 Å². The van der Waals surface area contributed by atoms with Crippen LogP contribution in [0.2, 0.25) is 0 Å². The fourth-order valence-corrected chi connectivity index (χ4v) is 4.66. The summed E-state index contributed by atoms with van der Waals surface area (Å²) in [7, 11) is -5.31. The smallest absolute Gasteiger partial charge is 0.240 e. The fraction of sp³-hybridized carbons (Fsp3) is 0.625. The third-order valence-corrected chi connectivity index (χ3v) is 6.91. The Labute approximate surface area is 150 Å². The molecule has 2 rings (SSSR count). The molecular weight excluding hydrogens is 364 g/mol. The lowest BCUT2D eigenvalue weighted by Gasteiger charge is -2.32. The van der Waals surface area contributed by atoms with Gasteiger partial charge in [-0.3, -0.25) is 0 Å². The van der Waals surface area contributed by atoms with Crippen LogP contribution in [-0.2, 0) is 24.6 Å². The van der Waals surface area contributed by atoms with Gasteiger partial charge in [0.1, 0.15) is 0 Å². The predicted molar refractivity (Wildman–Crippen MR) is 95.8 cm³/mol. The summed E-state index contributed by atoms with van der Waals surface area (Å²) in [5.41, 5.74) is 0. The molecule has 1 fully saturated rings. The zero-order valence-electron chi connectivity index (χ0n) is 14.6. The molecule has 1 aromatic carbocycles. The fourth-order valence-electron chi connectivity index (χ4n) is 2.92. The molecule has 1 aromatic rings. The number of nitrogens with one attached hydrogen (secondary N) is 1. The number of nitrogens with zero attached hydrogens (tertiary/aromatic N) is 1. The van der Waals surface area contributed by atoms with Crippen molar-refractivity contribution in [1.29, 1.82) is 0 Å². The molecule has 0 aliphatic carbocycles. The second kappa shape index (κ2) is 8.59. The maximum Gasteiger partial charge on any atom is 0.240 e. The van der Waals surface area contributed by atoms with Gasteiger partial charge in [0.05, 0.1) is 16.4 Å². The number of rotatable bonds is 8. The van der Waals surface area contributed by atoms with Crippen molar-refractivity contribution in [2.45, 2.75) is 22.6 Å². The van der Waals surface area contributed by atoms with Crippen LogP contribution >= 0.6 is 0 Å². The molecule has 0 aromatic heterocycles. The highest BCUT2D eigenvalue weighted by Crippen LogP contribution is 2.18. The average Bonchev–Trinajstić information content (AvgIpc) is 2.58. The molecule has 25 heavy (non-hydrogen) atoms. The van der Waals surface area contributed by atoms with Crippen LogP contribution in [0.5, 0.6) is 0 Å². The lowest BCUT2D eigenvalue weighted by molar-refractivity contribution is 0.115. The number of benzene rings is 1. The van der Waals surface area contributed by atoms with Gasteiger partial charge in [0.15, 0.2) is 9.84 Å². The SMILES string of the molecule is COCCN1CCCC(CNS(=O)(=O)c2ccc(S(C)(=O)=O)cc2)C1. The molecule has 1 unspecified atom stereocenters. The third kappa shape index (κ3) is 6.03. The van der Waals surface area contributed by atoms with Crippen molar-refractivity contribution in [2.24, 2.45) is 5.92 Å². The topological polar surface area (TPSA) is 92.8 Å². The molecule has 0 saturated carbocycles. The molecule has 0 bridgehead atoms. The van der Waals surface area contributed by atoms with E-state index in [9.17, 15) is 16.8 Å². The zero-order valence-corrected chi connectivity index (χ0v) is 16.3. The first-order chi connectivity index (χ1) is 11.7. The Morgan fingerprint density at radius 1 is 1.16 bits per heavy atom. The molecule has 1 aliphatic rings. The lowest BCUT2D eigenvalue weighted by atomic mass is 9.98. The van der Waals surface area contributed by atoms with Gasteiger partial charge in [-0.15, -0.1) is 0 Å². The van der Waals surface area contributed by atoms with Gasteiger partial charge in [0.25, 0.3) is 0 Å². The highest BCUT2D eigenvalue weighted by atomic mass is 32.2. The Bertz CT molecular complexity index is 760. The van der Waals surface area contributed by atoms with E-state index >= 15 is 0 Å². The number of hydrogen-bond donors (Lipinski definition) is 1. The molecule has 0 radical (unpaired) electrons. The molecule has 0 spiro atoms. The van der Waals surface area contributed by atoms with Crippen LogP contribution in [0.4, 0.5) is 0 Å². The Hall–Kier alpha value is -1.00. The van der Waals surface area contributed by atoms with Crippen molar-refractivity contribution in [3.8, 4) is 0 Å². The first-order valence-electron chi connectivity index (χ1n) is 8.23. The Morgan fingerprint density at radius 3 is 2.40 bits per heavy atom. The first-order valence-corrected chi connectivity index (χ1v) is 11.6. The second-order valence-corrected chi connectivity index (χ2v) is 10.2. The van der Waals surface area contributed by atoms with E-state index in [0.717, 1.165) is 38.7 Å². The van der Waals surface area contributed by atoms with Crippen molar-refractivity contribution in [3.63, 3.8) is 0 Å². The van der Waals surface area contributed by atoms with Crippen LogP contribution in [0.15, 0.2) is 34.1 Å². The lowest BCUT2D eigenvalue weighted by Crippen LogP contribution is -2.42. The number of piperidine rings is 1. The van der Waals surface area contributed by atoms with Crippen LogP contribution in [-0.4, -0.2) is 67.9 Å². The van der Waals surface area contributed by atoms with E-state index in [-0.39, 0.29) is 15.7 Å². The van der Waals surface area contributed by atoms with Crippen molar-refractivity contribution >= 4 is 19.9 Å². The molecule has 0 amide bonds. The molecule has 1 heterocycles. The van der Waals surface area contributed by atoms with E-state index in [1.165, 1.54) is 24.3 Å². The predicted octanol–water partition coefficient (Wildman–Crippen LogP) is 0.727. The van der Waals surface area contributed by atoms with Gasteiger partial charge in [0.2, 0.25) is 10.0 Å². The van der Waals surface area contributed by atoms with Gasteiger partial charge in [-0.1, -0.05) is 0 Å². The summed E-state index contributed by atoms with van der Waals surface area (Å²) >= 11 is 0. The standard InChI is InChI=1S/C16H26N2O5S2/c1-23-11-10-18-9-3-4-14(13-18)12-17-25(21,22)16-7-5-15(6-8-16)24(2,19)20/h5-8,14,17H,3-4,9-13H2,1-2H3. The molecule has 1 aliphatic heterocycles. The molecular formula is C16H26N2O5S2. The summed E-state index contributed by atoms with van der Waals surface area (Å²) < 4.78 is 55.4. The van der Waals surface area contributed by atoms with Crippen molar-refractivity contribution in [3.05, 3.63) is 24.3 Å². The zero-order chi connectivity index (χ0) is 18.5. The van der Waals surface area contributed by atoms with E-state index in [2.05, 4.69) is 9.62 Å². The Morgan fingerprint density at radius 2 is 1.80 bits per heavy atom. The molecule has 7 nitrogen and oxygen atoms in total. The third-order valence-electron chi connectivity index (χ3n) is 4.34. The van der Waals surface area contributed by atoms with Gasteiger partial charge < -0.3 is 9.64 Å². The Kier molecular flexibility index (Phi) is 6.98. The minimum absolute atomic E-state index is 0.0759. The van der Waals surface area contributed by atoms with Crippen LogP contribution < -0.4 is 4.72 Å². The Balaban J connectivity index is 1.95. The van der Waals surface area contributed by atoms with Crippen molar-refractivity contribution in [2.75, 3.05) is 46.2 Å². The van der Waals surface area contributed by atoms with Gasteiger partial charge in [-0.2, -0.15) is 0 Å². The van der Waals surface area contributed by atoms with Crippen LogP contribution in [0, 0.1) is 5.92 Å². The van der Waals surface area contributed by atoms with Gasteiger partial charge in [0, 0.05) is 33.0 Å². The van der Waals surface area contributed by atoms with E-state index < -0.39 is 19.9 Å². The van der Waals surface area contributed by atoms with Gasteiger partial charge >= 0.3 is 0 Å².